The second kappa shape index (κ2) is 12.5. The molecular formula is C22H34FIN6S. The molecule has 9 heteroatoms. The molecule has 0 radical (unpaired) electrons. The Bertz CT molecular complexity index is 844. The number of hydrogen-bond acceptors (Lipinski definition) is 5. The van der Waals surface area contributed by atoms with Crippen LogP contribution in [-0.2, 0) is 13.1 Å². The first-order valence-electron chi connectivity index (χ1n) is 10.7. The number of nitrogens with zero attached hydrogens (tertiary/aromatic N) is 4. The number of halogens is 2. The summed E-state index contributed by atoms with van der Waals surface area (Å²) in [7, 11) is 0. The molecule has 172 valence electrons. The van der Waals surface area contributed by atoms with Gasteiger partial charge in [-0.15, -0.1) is 35.3 Å². The Morgan fingerprint density at radius 3 is 2.48 bits per heavy atom. The monoisotopic (exact) mass is 560 g/mol. The predicted molar refractivity (Wildman–Crippen MR) is 139 cm³/mol. The maximum atomic E-state index is 14.8. The van der Waals surface area contributed by atoms with Crippen molar-refractivity contribution in [3.05, 3.63) is 45.2 Å². The Balaban J connectivity index is 0.00000341. The number of likely N-dealkylation sites (N-methyl/N-ethyl adjacent to an activating group) is 1. The highest BCUT2D eigenvalue weighted by molar-refractivity contribution is 14.0. The summed E-state index contributed by atoms with van der Waals surface area (Å²) in [6.45, 7) is 14.9. The number of piperazine rings is 1. The van der Waals surface area contributed by atoms with Crippen LogP contribution in [0.2, 0.25) is 0 Å². The molecule has 1 aromatic heterocycles. The van der Waals surface area contributed by atoms with Gasteiger partial charge in [0.25, 0.3) is 0 Å². The first-order chi connectivity index (χ1) is 14.5. The van der Waals surface area contributed by atoms with E-state index in [-0.39, 0.29) is 29.8 Å². The summed E-state index contributed by atoms with van der Waals surface area (Å²) >= 11 is 1.69. The van der Waals surface area contributed by atoms with Crippen molar-refractivity contribution in [1.29, 1.82) is 0 Å². The standard InChI is InChI=1S/C22H33FN6S.HI/c1-5-24-22(26-15-21-27-16(3)17(4)30-21)25-14-18-7-8-20(19(23)13-18)29-11-9-28(6-2)10-12-29;/h7-8,13H,5-6,9-12,14-15H2,1-4H3,(H2,24,25,26);1H. The quantitative estimate of drug-likeness (QED) is 0.306. The molecule has 1 aromatic carbocycles. The van der Waals surface area contributed by atoms with E-state index < -0.39 is 0 Å². The molecule has 6 nitrogen and oxygen atoms in total. The average molecular weight is 561 g/mol. The van der Waals surface area contributed by atoms with Crippen LogP contribution in [0, 0.1) is 19.7 Å². The van der Waals surface area contributed by atoms with Crippen molar-refractivity contribution in [2.45, 2.75) is 40.8 Å². The molecule has 2 heterocycles. The molecular weight excluding hydrogens is 526 g/mol. The lowest BCUT2D eigenvalue weighted by Crippen LogP contribution is -2.46. The van der Waals surface area contributed by atoms with Crippen molar-refractivity contribution >= 4 is 47.0 Å². The number of aliphatic imine (C=N–C) groups is 1. The molecule has 0 bridgehead atoms. The van der Waals surface area contributed by atoms with Crippen LogP contribution in [0.15, 0.2) is 23.2 Å². The average Bonchev–Trinajstić information content (AvgIpc) is 3.07. The zero-order valence-electron chi connectivity index (χ0n) is 18.9. The van der Waals surface area contributed by atoms with Gasteiger partial charge in [0.15, 0.2) is 5.96 Å². The Kier molecular flexibility index (Phi) is 10.4. The van der Waals surface area contributed by atoms with Crippen LogP contribution >= 0.6 is 35.3 Å². The smallest absolute Gasteiger partial charge is 0.191 e. The minimum Gasteiger partial charge on any atom is -0.367 e. The first-order valence-corrected chi connectivity index (χ1v) is 11.5. The van der Waals surface area contributed by atoms with E-state index in [0.29, 0.717) is 24.7 Å². The number of benzene rings is 1. The molecule has 0 unspecified atom stereocenters. The lowest BCUT2D eigenvalue weighted by atomic mass is 10.1. The Morgan fingerprint density at radius 1 is 1.16 bits per heavy atom. The fourth-order valence-corrected chi connectivity index (χ4v) is 4.37. The van der Waals surface area contributed by atoms with Gasteiger partial charge in [0.05, 0.1) is 24.5 Å². The summed E-state index contributed by atoms with van der Waals surface area (Å²) in [5, 5.41) is 7.59. The van der Waals surface area contributed by atoms with Crippen molar-refractivity contribution in [2.75, 3.05) is 44.2 Å². The normalized spacial score (nSPS) is 15.0. The summed E-state index contributed by atoms with van der Waals surface area (Å²) < 4.78 is 14.8. The molecule has 0 aliphatic carbocycles. The molecule has 31 heavy (non-hydrogen) atoms. The van der Waals surface area contributed by atoms with Gasteiger partial charge in [-0.2, -0.15) is 0 Å². The largest absolute Gasteiger partial charge is 0.367 e. The molecule has 1 aliphatic rings. The Labute approximate surface area is 206 Å². The summed E-state index contributed by atoms with van der Waals surface area (Å²) in [5.74, 6) is 0.544. The fourth-order valence-electron chi connectivity index (χ4n) is 3.50. The molecule has 1 fully saturated rings. The predicted octanol–water partition coefficient (Wildman–Crippen LogP) is 3.91. The van der Waals surface area contributed by atoms with E-state index >= 15 is 0 Å². The van der Waals surface area contributed by atoms with Crippen LogP contribution < -0.4 is 15.5 Å². The van der Waals surface area contributed by atoms with Crippen LogP contribution in [0.25, 0.3) is 0 Å². The second-order valence-electron chi connectivity index (χ2n) is 7.50. The van der Waals surface area contributed by atoms with Gasteiger partial charge < -0.3 is 20.4 Å². The van der Waals surface area contributed by atoms with Gasteiger partial charge in [0, 0.05) is 37.6 Å². The number of thiazole rings is 1. The minimum absolute atomic E-state index is 0. The third-order valence-corrected chi connectivity index (χ3v) is 6.49. The summed E-state index contributed by atoms with van der Waals surface area (Å²) in [6.07, 6.45) is 0. The second-order valence-corrected chi connectivity index (χ2v) is 8.79. The van der Waals surface area contributed by atoms with Crippen molar-refractivity contribution in [3.63, 3.8) is 0 Å². The maximum Gasteiger partial charge on any atom is 0.191 e. The summed E-state index contributed by atoms with van der Waals surface area (Å²) in [5.41, 5.74) is 2.63. The number of aryl methyl sites for hydroxylation is 2. The van der Waals surface area contributed by atoms with E-state index in [1.54, 1.807) is 17.4 Å². The van der Waals surface area contributed by atoms with Crippen molar-refractivity contribution in [2.24, 2.45) is 4.99 Å². The van der Waals surface area contributed by atoms with Crippen LogP contribution in [0.4, 0.5) is 10.1 Å². The van der Waals surface area contributed by atoms with Crippen LogP contribution in [0.1, 0.15) is 35.0 Å². The van der Waals surface area contributed by atoms with Gasteiger partial charge in [-0.1, -0.05) is 13.0 Å². The van der Waals surface area contributed by atoms with Crippen LogP contribution in [0.3, 0.4) is 0 Å². The molecule has 1 saturated heterocycles. The molecule has 2 aromatic rings. The third kappa shape index (κ3) is 7.28. The highest BCUT2D eigenvalue weighted by Crippen LogP contribution is 2.22. The van der Waals surface area contributed by atoms with E-state index in [0.717, 1.165) is 55.5 Å². The van der Waals surface area contributed by atoms with Crippen LogP contribution in [-0.4, -0.2) is 55.1 Å². The maximum absolute atomic E-state index is 14.8. The van der Waals surface area contributed by atoms with Crippen LogP contribution in [0.5, 0.6) is 0 Å². The summed E-state index contributed by atoms with van der Waals surface area (Å²) in [6, 6.07) is 5.48. The van der Waals surface area contributed by atoms with E-state index in [4.69, 9.17) is 0 Å². The zero-order chi connectivity index (χ0) is 21.5. The number of guanidine groups is 1. The Hall–Kier alpha value is -1.46. The molecule has 3 rings (SSSR count). The highest BCUT2D eigenvalue weighted by atomic mass is 127. The van der Waals surface area contributed by atoms with E-state index in [9.17, 15) is 4.39 Å². The van der Waals surface area contributed by atoms with E-state index in [1.807, 2.05) is 26.0 Å². The number of rotatable bonds is 7. The SMILES string of the molecule is CCNC(=NCc1ccc(N2CCN(CC)CC2)c(F)c1)NCc1nc(C)c(C)s1.I. The number of nitrogens with one attached hydrogen (secondary N) is 2. The van der Waals surface area contributed by atoms with Gasteiger partial charge >= 0.3 is 0 Å². The molecule has 0 atom stereocenters. The van der Waals surface area contributed by atoms with Gasteiger partial charge in [-0.25, -0.2) is 14.4 Å². The third-order valence-electron chi connectivity index (χ3n) is 5.42. The Morgan fingerprint density at radius 2 is 1.90 bits per heavy atom. The molecule has 1 aliphatic heterocycles. The number of anilines is 1. The topological polar surface area (TPSA) is 55.8 Å². The van der Waals surface area contributed by atoms with E-state index in [1.165, 1.54) is 4.88 Å². The van der Waals surface area contributed by atoms with E-state index in [2.05, 4.69) is 44.3 Å². The fraction of sp³-hybridized carbons (Fsp3) is 0.545. The first kappa shape index (κ1) is 25.8. The van der Waals surface area contributed by atoms with Gasteiger partial charge in [0.1, 0.15) is 10.8 Å². The van der Waals surface area contributed by atoms with Crippen molar-refractivity contribution < 1.29 is 4.39 Å². The highest BCUT2D eigenvalue weighted by Gasteiger charge is 2.18. The van der Waals surface area contributed by atoms with Crippen molar-refractivity contribution in [3.8, 4) is 0 Å². The van der Waals surface area contributed by atoms with Gasteiger partial charge in [-0.3, -0.25) is 0 Å². The lowest BCUT2D eigenvalue weighted by Gasteiger charge is -2.35. The molecule has 0 spiro atoms. The van der Waals surface area contributed by atoms with Gasteiger partial charge in [-0.05, 0) is 45.0 Å². The molecule has 2 N–H and O–H groups in total. The summed E-state index contributed by atoms with van der Waals surface area (Å²) in [4.78, 5) is 14.9. The number of hydrogen-bond donors (Lipinski definition) is 2. The van der Waals surface area contributed by atoms with Crippen molar-refractivity contribution in [1.82, 2.24) is 20.5 Å². The molecule has 0 saturated carbocycles. The minimum atomic E-state index is -0.167. The van der Waals surface area contributed by atoms with Gasteiger partial charge in [0.2, 0.25) is 0 Å². The number of aromatic nitrogens is 1. The molecule has 0 amide bonds. The lowest BCUT2D eigenvalue weighted by molar-refractivity contribution is 0.270. The zero-order valence-corrected chi connectivity index (χ0v) is 22.0.